The zero-order chi connectivity index (χ0) is 24.7. The molecule has 0 saturated carbocycles. The first kappa shape index (κ1) is 26.9. The van der Waals surface area contributed by atoms with Crippen LogP contribution in [-0.4, -0.2) is 24.4 Å². The Kier molecular flexibility index (Phi) is 7.67. The summed E-state index contributed by atoms with van der Waals surface area (Å²) in [6, 6.07) is 4.84. The summed E-state index contributed by atoms with van der Waals surface area (Å²) in [5, 5.41) is 4.60. The largest absolute Gasteiger partial charge is 0.376 e. The normalized spacial score (nSPS) is 19.1. The van der Waals surface area contributed by atoms with Crippen LogP contribution in [0.4, 0.5) is 0 Å². The van der Waals surface area contributed by atoms with Gasteiger partial charge in [-0.3, -0.25) is 0 Å². The topological polar surface area (TPSA) is 18.5 Å². The summed E-state index contributed by atoms with van der Waals surface area (Å²) in [7, 11) is 0. The monoisotopic (exact) mass is 490 g/mol. The Morgan fingerprint density at radius 2 is 1.24 bits per heavy atom. The molecule has 2 nitrogen and oxygen atoms in total. The van der Waals surface area contributed by atoms with Crippen LogP contribution in [0.2, 0.25) is 0 Å². The molecule has 0 saturated heterocycles. The second-order valence-electron chi connectivity index (χ2n) is 12.0. The Labute approximate surface area is 211 Å². The molecule has 186 valence electrons. The van der Waals surface area contributed by atoms with Crippen molar-refractivity contribution in [2.24, 2.45) is 10.8 Å². The van der Waals surface area contributed by atoms with Gasteiger partial charge in [-0.05, 0) is 99.7 Å². The summed E-state index contributed by atoms with van der Waals surface area (Å²) in [4.78, 5) is 2.96. The number of rotatable bonds is 11. The van der Waals surface area contributed by atoms with Gasteiger partial charge in [0.15, 0.2) is 0 Å². The number of hydrogen-bond donors (Lipinski definition) is 0. The summed E-state index contributed by atoms with van der Waals surface area (Å²) in [5.74, 6) is 0. The molecule has 2 heterocycles. The summed E-state index contributed by atoms with van der Waals surface area (Å²) < 4.78 is 13.1. The van der Waals surface area contributed by atoms with Crippen molar-refractivity contribution in [2.45, 2.75) is 112 Å². The van der Waals surface area contributed by atoms with Crippen molar-refractivity contribution >= 4 is 22.7 Å². The Morgan fingerprint density at radius 3 is 1.67 bits per heavy atom. The van der Waals surface area contributed by atoms with Gasteiger partial charge in [0.1, 0.15) is 0 Å². The highest BCUT2D eigenvalue weighted by Crippen LogP contribution is 2.69. The first-order valence-corrected chi connectivity index (χ1v) is 14.5. The molecular formula is C29H46O2S2. The van der Waals surface area contributed by atoms with Crippen molar-refractivity contribution < 1.29 is 9.47 Å². The fourth-order valence-electron chi connectivity index (χ4n) is 5.88. The van der Waals surface area contributed by atoms with E-state index in [1.54, 1.807) is 0 Å². The lowest BCUT2D eigenvalue weighted by molar-refractivity contribution is -0.108. The first-order valence-electron chi connectivity index (χ1n) is 12.7. The third-order valence-corrected chi connectivity index (χ3v) is 10.5. The minimum atomic E-state index is -0.124. The van der Waals surface area contributed by atoms with Crippen molar-refractivity contribution in [1.29, 1.82) is 0 Å². The van der Waals surface area contributed by atoms with Crippen LogP contribution in [0, 0.1) is 10.8 Å². The quantitative estimate of drug-likeness (QED) is 0.312. The van der Waals surface area contributed by atoms with E-state index in [0.717, 1.165) is 38.9 Å². The second kappa shape index (κ2) is 9.41. The summed E-state index contributed by atoms with van der Waals surface area (Å²) in [6.45, 7) is 24.4. The van der Waals surface area contributed by atoms with Crippen molar-refractivity contribution in [3.63, 3.8) is 0 Å². The van der Waals surface area contributed by atoms with Gasteiger partial charge in [0.2, 0.25) is 0 Å². The predicted molar refractivity (Wildman–Crippen MR) is 146 cm³/mol. The maximum Gasteiger partial charge on any atom is 0.0624 e. The zero-order valence-corrected chi connectivity index (χ0v) is 24.3. The fourth-order valence-corrected chi connectivity index (χ4v) is 7.98. The number of hydrogen-bond acceptors (Lipinski definition) is 4. The average Bonchev–Trinajstić information content (AvgIpc) is 3.45. The number of ether oxygens (including phenoxy) is 2. The van der Waals surface area contributed by atoms with E-state index in [1.165, 1.54) is 20.9 Å². The molecule has 2 atom stereocenters. The molecule has 0 aliphatic heterocycles. The van der Waals surface area contributed by atoms with Gasteiger partial charge in [0.05, 0.1) is 17.8 Å². The van der Waals surface area contributed by atoms with Gasteiger partial charge in [-0.25, -0.2) is 0 Å². The highest BCUT2D eigenvalue weighted by atomic mass is 32.1. The minimum Gasteiger partial charge on any atom is -0.376 e. The van der Waals surface area contributed by atoms with Crippen LogP contribution < -0.4 is 0 Å². The van der Waals surface area contributed by atoms with Crippen LogP contribution in [0.1, 0.15) is 106 Å². The van der Waals surface area contributed by atoms with E-state index in [0.29, 0.717) is 0 Å². The summed E-state index contributed by atoms with van der Waals surface area (Å²) in [6.07, 6.45) is 4.20. The third kappa shape index (κ3) is 4.50. The molecular weight excluding hydrogens is 444 g/mol. The SMILES string of the molecule is CCC(C)(C)OCC(C)(CC)C1(C(C)(CC)CCOC(C)(C)C)c2ccsc2-c2sccc21. The van der Waals surface area contributed by atoms with E-state index < -0.39 is 0 Å². The molecule has 2 aromatic rings. The van der Waals surface area contributed by atoms with Gasteiger partial charge in [0, 0.05) is 27.2 Å². The Bertz CT molecular complexity index is 891. The highest BCUT2D eigenvalue weighted by Gasteiger charge is 2.63. The fraction of sp³-hybridized carbons (Fsp3) is 0.724. The zero-order valence-electron chi connectivity index (χ0n) is 22.7. The van der Waals surface area contributed by atoms with Crippen molar-refractivity contribution in [3.8, 4) is 9.75 Å². The molecule has 33 heavy (non-hydrogen) atoms. The number of thiophene rings is 2. The number of fused-ring (bicyclic) bond motifs is 3. The van der Waals surface area contributed by atoms with Gasteiger partial charge in [0.25, 0.3) is 0 Å². The standard InChI is InChI=1S/C29H46O2S2/c1-11-26(7,8)31-20-28(10,13-3)29(27(9,12-2)16-17-30-25(4,5)6)21-14-18-32-23(21)24-22(29)15-19-33-24/h14-15,18-19H,11-13,16-17,20H2,1-10H3. The molecule has 0 aromatic carbocycles. The molecule has 0 bridgehead atoms. The van der Waals surface area contributed by atoms with E-state index in [9.17, 15) is 0 Å². The smallest absolute Gasteiger partial charge is 0.0624 e. The predicted octanol–water partition coefficient (Wildman–Crippen LogP) is 9.32. The Hall–Kier alpha value is -0.680. The van der Waals surface area contributed by atoms with Gasteiger partial charge in [-0.15, -0.1) is 22.7 Å². The van der Waals surface area contributed by atoms with Gasteiger partial charge in [-0.2, -0.15) is 0 Å². The average molecular weight is 491 g/mol. The summed E-state index contributed by atoms with van der Waals surface area (Å²) >= 11 is 3.82. The molecule has 3 rings (SSSR count). The molecule has 1 aliphatic rings. The second-order valence-corrected chi connectivity index (χ2v) is 13.9. The maximum absolute atomic E-state index is 6.73. The van der Waals surface area contributed by atoms with Crippen LogP contribution in [0.5, 0.6) is 0 Å². The van der Waals surface area contributed by atoms with Gasteiger partial charge >= 0.3 is 0 Å². The molecule has 2 unspecified atom stereocenters. The molecule has 2 aromatic heterocycles. The van der Waals surface area contributed by atoms with Crippen molar-refractivity contribution in [1.82, 2.24) is 0 Å². The van der Waals surface area contributed by atoms with E-state index >= 15 is 0 Å². The maximum atomic E-state index is 6.73. The van der Waals surface area contributed by atoms with Crippen LogP contribution in [0.15, 0.2) is 22.9 Å². The molecule has 0 radical (unpaired) electrons. The lowest BCUT2D eigenvalue weighted by Crippen LogP contribution is -2.57. The molecule has 1 aliphatic carbocycles. The molecule has 0 fully saturated rings. The molecule has 0 spiro atoms. The summed E-state index contributed by atoms with van der Waals surface area (Å²) in [5.41, 5.74) is 2.68. The van der Waals surface area contributed by atoms with E-state index in [2.05, 4.69) is 92.1 Å². The van der Waals surface area contributed by atoms with Crippen LogP contribution in [0.25, 0.3) is 9.75 Å². The molecule has 0 amide bonds. The van der Waals surface area contributed by atoms with Crippen LogP contribution in [-0.2, 0) is 14.9 Å². The van der Waals surface area contributed by atoms with Crippen molar-refractivity contribution in [3.05, 3.63) is 34.0 Å². The van der Waals surface area contributed by atoms with Crippen LogP contribution >= 0.6 is 22.7 Å². The lowest BCUT2D eigenvalue weighted by Gasteiger charge is -2.58. The Balaban J connectivity index is 2.20. The molecule has 0 N–H and O–H groups in total. The van der Waals surface area contributed by atoms with Crippen LogP contribution in [0.3, 0.4) is 0 Å². The van der Waals surface area contributed by atoms with E-state index in [-0.39, 0.29) is 27.4 Å². The van der Waals surface area contributed by atoms with E-state index in [1.807, 2.05) is 22.7 Å². The lowest BCUT2D eigenvalue weighted by atomic mass is 9.46. The van der Waals surface area contributed by atoms with Gasteiger partial charge < -0.3 is 9.47 Å². The first-order chi connectivity index (χ1) is 15.3. The van der Waals surface area contributed by atoms with E-state index in [4.69, 9.17) is 9.47 Å². The minimum absolute atomic E-state index is 0.0326. The molecule has 4 heteroatoms. The Morgan fingerprint density at radius 1 is 0.727 bits per heavy atom. The van der Waals surface area contributed by atoms with Gasteiger partial charge in [-0.1, -0.05) is 34.6 Å². The van der Waals surface area contributed by atoms with Crippen molar-refractivity contribution in [2.75, 3.05) is 13.2 Å². The highest BCUT2D eigenvalue weighted by molar-refractivity contribution is 7.21. The third-order valence-electron chi connectivity index (χ3n) is 8.54.